The van der Waals surface area contributed by atoms with Crippen LogP contribution in [0.3, 0.4) is 0 Å². The first kappa shape index (κ1) is 16.4. The lowest BCUT2D eigenvalue weighted by molar-refractivity contribution is -0.126. The molecule has 2 heterocycles. The fourth-order valence-corrected chi connectivity index (χ4v) is 3.26. The molecule has 5 nitrogen and oxygen atoms in total. The Balaban J connectivity index is 1.66. The molecule has 0 saturated carbocycles. The first-order chi connectivity index (χ1) is 10.2. The van der Waals surface area contributed by atoms with Gasteiger partial charge in [-0.15, -0.1) is 11.3 Å². The van der Waals surface area contributed by atoms with Crippen molar-refractivity contribution in [2.75, 3.05) is 32.7 Å². The highest BCUT2D eigenvalue weighted by atomic mass is 32.1. The molecule has 1 aromatic rings. The van der Waals surface area contributed by atoms with E-state index in [4.69, 9.17) is 0 Å². The van der Waals surface area contributed by atoms with Crippen LogP contribution in [0.1, 0.15) is 30.5 Å². The summed E-state index contributed by atoms with van der Waals surface area (Å²) in [5.74, 6) is 0.400. The van der Waals surface area contributed by atoms with Gasteiger partial charge in [0.2, 0.25) is 5.91 Å². The van der Waals surface area contributed by atoms with E-state index >= 15 is 0 Å². The third-order valence-electron chi connectivity index (χ3n) is 3.86. The summed E-state index contributed by atoms with van der Waals surface area (Å²) in [5.41, 5.74) is 1.16. The Labute approximate surface area is 131 Å². The highest BCUT2D eigenvalue weighted by molar-refractivity contribution is 7.09. The summed E-state index contributed by atoms with van der Waals surface area (Å²) in [6, 6.07) is 0. The van der Waals surface area contributed by atoms with Crippen molar-refractivity contribution in [3.8, 4) is 0 Å². The summed E-state index contributed by atoms with van der Waals surface area (Å²) in [6.07, 6.45) is 1.91. The van der Waals surface area contributed by atoms with E-state index in [0.717, 1.165) is 62.8 Å². The Bertz CT molecular complexity index is 441. The van der Waals surface area contributed by atoms with Crippen LogP contribution in [0.15, 0.2) is 5.38 Å². The number of amides is 1. The largest absolute Gasteiger partial charge is 0.355 e. The van der Waals surface area contributed by atoms with Crippen molar-refractivity contribution in [3.05, 3.63) is 16.1 Å². The zero-order chi connectivity index (χ0) is 15.1. The summed E-state index contributed by atoms with van der Waals surface area (Å²) >= 11 is 1.70. The van der Waals surface area contributed by atoms with Crippen molar-refractivity contribution in [3.63, 3.8) is 0 Å². The topological polar surface area (TPSA) is 57.3 Å². The zero-order valence-corrected chi connectivity index (χ0v) is 13.8. The molecule has 1 amide bonds. The molecule has 0 bridgehead atoms. The third kappa shape index (κ3) is 5.37. The van der Waals surface area contributed by atoms with Crippen LogP contribution in [0.5, 0.6) is 0 Å². The van der Waals surface area contributed by atoms with Crippen molar-refractivity contribution < 1.29 is 4.79 Å². The van der Waals surface area contributed by atoms with E-state index in [2.05, 4.69) is 32.8 Å². The molecule has 1 aromatic heterocycles. The molecule has 1 saturated heterocycles. The van der Waals surface area contributed by atoms with Crippen LogP contribution in [0.2, 0.25) is 0 Å². The molecule has 6 heteroatoms. The molecule has 21 heavy (non-hydrogen) atoms. The van der Waals surface area contributed by atoms with E-state index < -0.39 is 0 Å². The van der Waals surface area contributed by atoms with Crippen LogP contribution in [0.4, 0.5) is 0 Å². The molecule has 118 valence electrons. The summed E-state index contributed by atoms with van der Waals surface area (Å²) in [4.78, 5) is 19.0. The third-order valence-corrected chi connectivity index (χ3v) is 4.68. The number of carbonyl (C=O) groups excluding carboxylic acids is 1. The number of carbonyl (C=O) groups is 1. The number of aromatic nitrogens is 1. The molecule has 0 radical (unpaired) electrons. The van der Waals surface area contributed by atoms with Gasteiger partial charge in [0.15, 0.2) is 0 Å². The van der Waals surface area contributed by atoms with Crippen molar-refractivity contribution >= 4 is 17.2 Å². The van der Waals surface area contributed by atoms with E-state index in [0.29, 0.717) is 0 Å². The standard InChI is InChI=1S/C15H26N4OS/c1-3-16-6-7-17-15(20)13-4-8-19(9-5-13)10-14-11-21-12(2)18-14/h11,13,16H,3-10H2,1-2H3,(H,17,20). The van der Waals surface area contributed by atoms with Gasteiger partial charge < -0.3 is 10.6 Å². The van der Waals surface area contributed by atoms with Crippen LogP contribution >= 0.6 is 11.3 Å². The first-order valence-electron chi connectivity index (χ1n) is 7.81. The number of nitrogens with one attached hydrogen (secondary N) is 2. The summed E-state index contributed by atoms with van der Waals surface area (Å²) in [6.45, 7) is 9.53. The molecule has 0 spiro atoms. The van der Waals surface area contributed by atoms with Gasteiger partial charge >= 0.3 is 0 Å². The predicted molar refractivity (Wildman–Crippen MR) is 86.4 cm³/mol. The van der Waals surface area contributed by atoms with E-state index in [-0.39, 0.29) is 11.8 Å². The Hall–Kier alpha value is -0.980. The monoisotopic (exact) mass is 310 g/mol. The molecule has 1 fully saturated rings. The van der Waals surface area contributed by atoms with Gasteiger partial charge in [-0.25, -0.2) is 4.98 Å². The van der Waals surface area contributed by atoms with Crippen LogP contribution in [0.25, 0.3) is 0 Å². The van der Waals surface area contributed by atoms with Gasteiger partial charge in [0.05, 0.1) is 10.7 Å². The number of rotatable bonds is 7. The molecule has 1 aliphatic rings. The minimum absolute atomic E-state index is 0.181. The fraction of sp³-hybridized carbons (Fsp3) is 0.733. The van der Waals surface area contributed by atoms with E-state index in [1.165, 1.54) is 0 Å². The lowest BCUT2D eigenvalue weighted by Gasteiger charge is -2.30. The Kier molecular flexibility index (Phi) is 6.60. The van der Waals surface area contributed by atoms with E-state index in [1.54, 1.807) is 11.3 Å². The van der Waals surface area contributed by atoms with E-state index in [1.807, 2.05) is 6.92 Å². The number of hydrogen-bond acceptors (Lipinski definition) is 5. The molecule has 0 unspecified atom stereocenters. The van der Waals surface area contributed by atoms with Gasteiger partial charge in [-0.3, -0.25) is 9.69 Å². The minimum Gasteiger partial charge on any atom is -0.355 e. The van der Waals surface area contributed by atoms with Crippen LogP contribution in [0, 0.1) is 12.8 Å². The maximum atomic E-state index is 12.1. The Morgan fingerprint density at radius 3 is 2.81 bits per heavy atom. The molecular formula is C15H26N4OS. The highest BCUT2D eigenvalue weighted by Crippen LogP contribution is 2.19. The van der Waals surface area contributed by atoms with Crippen molar-refractivity contribution in [2.24, 2.45) is 5.92 Å². The summed E-state index contributed by atoms with van der Waals surface area (Å²) in [7, 11) is 0. The van der Waals surface area contributed by atoms with Crippen molar-refractivity contribution in [1.29, 1.82) is 0 Å². The van der Waals surface area contributed by atoms with Crippen molar-refractivity contribution in [2.45, 2.75) is 33.2 Å². The Morgan fingerprint density at radius 1 is 1.43 bits per heavy atom. The van der Waals surface area contributed by atoms with Gasteiger partial charge in [-0.1, -0.05) is 6.92 Å². The van der Waals surface area contributed by atoms with Gasteiger partial charge in [-0.05, 0) is 39.4 Å². The fourth-order valence-electron chi connectivity index (χ4n) is 2.66. The average molecular weight is 310 g/mol. The van der Waals surface area contributed by atoms with Crippen molar-refractivity contribution in [1.82, 2.24) is 20.5 Å². The van der Waals surface area contributed by atoms with Crippen LogP contribution in [-0.2, 0) is 11.3 Å². The van der Waals surface area contributed by atoms with Crippen LogP contribution in [-0.4, -0.2) is 48.5 Å². The van der Waals surface area contributed by atoms with Gasteiger partial charge in [0.25, 0.3) is 0 Å². The number of thiazole rings is 1. The quantitative estimate of drug-likeness (QED) is 0.747. The number of piperidine rings is 1. The molecule has 1 aliphatic heterocycles. The number of likely N-dealkylation sites (tertiary alicyclic amines) is 1. The first-order valence-corrected chi connectivity index (χ1v) is 8.68. The molecule has 0 aromatic carbocycles. The summed E-state index contributed by atoms with van der Waals surface area (Å²) < 4.78 is 0. The number of aryl methyl sites for hydroxylation is 1. The molecule has 2 rings (SSSR count). The second-order valence-corrected chi connectivity index (χ2v) is 6.62. The average Bonchev–Trinajstić information content (AvgIpc) is 2.89. The van der Waals surface area contributed by atoms with Gasteiger partial charge in [0.1, 0.15) is 0 Å². The maximum absolute atomic E-state index is 12.1. The van der Waals surface area contributed by atoms with E-state index in [9.17, 15) is 4.79 Å². The molecule has 2 N–H and O–H groups in total. The number of nitrogens with zero attached hydrogens (tertiary/aromatic N) is 2. The second-order valence-electron chi connectivity index (χ2n) is 5.55. The maximum Gasteiger partial charge on any atom is 0.223 e. The number of hydrogen-bond donors (Lipinski definition) is 2. The molecule has 0 atom stereocenters. The normalized spacial score (nSPS) is 17.0. The van der Waals surface area contributed by atoms with Gasteiger partial charge in [0, 0.05) is 30.9 Å². The number of likely N-dealkylation sites (N-methyl/N-ethyl adjacent to an activating group) is 1. The smallest absolute Gasteiger partial charge is 0.223 e. The highest BCUT2D eigenvalue weighted by Gasteiger charge is 2.24. The lowest BCUT2D eigenvalue weighted by Crippen LogP contribution is -2.41. The molecular weight excluding hydrogens is 284 g/mol. The minimum atomic E-state index is 0.181. The molecule has 0 aliphatic carbocycles. The lowest BCUT2D eigenvalue weighted by atomic mass is 9.96. The predicted octanol–water partition coefficient (Wildman–Crippen LogP) is 1.39. The Morgan fingerprint density at radius 2 is 2.19 bits per heavy atom. The SMILES string of the molecule is CCNCCNC(=O)C1CCN(Cc2csc(C)n2)CC1. The van der Waals surface area contributed by atoms with Crippen LogP contribution < -0.4 is 10.6 Å². The van der Waals surface area contributed by atoms with Gasteiger partial charge in [-0.2, -0.15) is 0 Å². The second kappa shape index (κ2) is 8.46. The summed E-state index contributed by atoms with van der Waals surface area (Å²) in [5, 5.41) is 9.50. The zero-order valence-electron chi connectivity index (χ0n) is 13.0.